The molecule has 0 spiro atoms. The lowest BCUT2D eigenvalue weighted by atomic mass is 9.83. The van der Waals surface area contributed by atoms with E-state index in [9.17, 15) is 9.90 Å². The molecule has 0 aliphatic heterocycles. The minimum absolute atomic E-state index is 0.227. The predicted octanol–water partition coefficient (Wildman–Crippen LogP) is 6.80. The zero-order valence-electron chi connectivity index (χ0n) is 26.4. The Labute approximate surface area is 272 Å². The van der Waals surface area contributed by atoms with Crippen LogP contribution in [0.15, 0.2) is 121 Å². The van der Waals surface area contributed by atoms with E-state index in [1.165, 1.54) is 0 Å². The van der Waals surface area contributed by atoms with E-state index in [1.54, 1.807) is 0 Å². The highest BCUT2D eigenvalue weighted by Gasteiger charge is 2.55. The van der Waals surface area contributed by atoms with Crippen LogP contribution in [0.3, 0.4) is 0 Å². The number of unbranched alkanes of at least 4 members (excludes halogenated alkanes) is 1. The van der Waals surface area contributed by atoms with Crippen LogP contribution in [-0.4, -0.2) is 47.7 Å². The molecule has 1 saturated carbocycles. The van der Waals surface area contributed by atoms with E-state index in [4.69, 9.17) is 23.7 Å². The van der Waals surface area contributed by atoms with E-state index in [2.05, 4.69) is 0 Å². The van der Waals surface area contributed by atoms with Gasteiger partial charge in [-0.15, -0.1) is 0 Å². The molecule has 5 rings (SSSR count). The number of carbonyl (C=O) groups is 1. The van der Waals surface area contributed by atoms with Crippen molar-refractivity contribution < 1.29 is 33.6 Å². The Balaban J connectivity index is 1.50. The molecule has 1 aliphatic carbocycles. The van der Waals surface area contributed by atoms with E-state index in [0.29, 0.717) is 6.42 Å². The Morgan fingerprint density at radius 1 is 0.522 bits per heavy atom. The first-order valence-corrected chi connectivity index (χ1v) is 16.1. The van der Waals surface area contributed by atoms with Crippen molar-refractivity contribution in [2.45, 2.75) is 89.2 Å². The second kappa shape index (κ2) is 17.7. The number of benzene rings is 4. The van der Waals surface area contributed by atoms with E-state index in [1.807, 2.05) is 128 Å². The maximum absolute atomic E-state index is 13.1. The Bertz CT molecular complexity index is 1420. The lowest BCUT2D eigenvalue weighted by Gasteiger charge is -2.48. The minimum atomic E-state index is -1.24. The highest BCUT2D eigenvalue weighted by molar-refractivity contribution is 5.69. The van der Waals surface area contributed by atoms with Gasteiger partial charge in [0, 0.05) is 6.42 Å². The number of ether oxygens (including phenoxy) is 5. The van der Waals surface area contributed by atoms with Crippen LogP contribution in [0.25, 0.3) is 0 Å². The summed E-state index contributed by atoms with van der Waals surface area (Å²) in [5, 5.41) is 12.0. The molecule has 1 aliphatic rings. The third-order valence-electron chi connectivity index (χ3n) is 8.11. The number of rotatable bonds is 16. The first-order chi connectivity index (χ1) is 22.6. The Morgan fingerprint density at radius 2 is 0.848 bits per heavy atom. The molecule has 6 atom stereocenters. The molecule has 1 fully saturated rings. The first-order valence-electron chi connectivity index (χ1n) is 16.1. The number of hydrogen-bond acceptors (Lipinski definition) is 7. The summed E-state index contributed by atoms with van der Waals surface area (Å²) in [5.41, 5.74) is 3.82. The molecule has 0 amide bonds. The van der Waals surface area contributed by atoms with Gasteiger partial charge in [0.15, 0.2) is 6.10 Å². The van der Waals surface area contributed by atoms with Crippen molar-refractivity contribution in [1.82, 2.24) is 0 Å². The summed E-state index contributed by atoms with van der Waals surface area (Å²) in [6, 6.07) is 39.2. The van der Waals surface area contributed by atoms with Crippen LogP contribution in [-0.2, 0) is 54.9 Å². The van der Waals surface area contributed by atoms with Crippen molar-refractivity contribution in [3.63, 3.8) is 0 Å². The van der Waals surface area contributed by atoms with Gasteiger partial charge >= 0.3 is 5.97 Å². The summed E-state index contributed by atoms with van der Waals surface area (Å²) in [5.74, 6) is -0.397. The fourth-order valence-corrected chi connectivity index (χ4v) is 5.63. The molecule has 7 heteroatoms. The molecule has 0 radical (unpaired) electrons. The second-order valence-electron chi connectivity index (χ2n) is 11.6. The normalized spacial score (nSPS) is 22.7. The predicted molar refractivity (Wildman–Crippen MR) is 175 cm³/mol. The molecular weight excluding hydrogens is 580 g/mol. The third kappa shape index (κ3) is 9.58. The summed E-state index contributed by atoms with van der Waals surface area (Å²) in [6.45, 7) is 3.00. The smallest absolute Gasteiger partial charge is 0.306 e. The van der Waals surface area contributed by atoms with Crippen molar-refractivity contribution in [2.24, 2.45) is 0 Å². The van der Waals surface area contributed by atoms with Crippen LogP contribution in [0.1, 0.15) is 48.4 Å². The van der Waals surface area contributed by atoms with Crippen LogP contribution in [0.2, 0.25) is 0 Å². The summed E-state index contributed by atoms with van der Waals surface area (Å²) in [4.78, 5) is 13.1. The van der Waals surface area contributed by atoms with Gasteiger partial charge in [-0.2, -0.15) is 0 Å². The molecule has 0 bridgehead atoms. The number of aliphatic hydroxyl groups excluding tert-OH is 1. The average Bonchev–Trinajstić information content (AvgIpc) is 3.11. The zero-order valence-corrected chi connectivity index (χ0v) is 26.4. The summed E-state index contributed by atoms with van der Waals surface area (Å²) < 4.78 is 32.3. The summed E-state index contributed by atoms with van der Waals surface area (Å²) in [6.07, 6.45) is -3.76. The maximum Gasteiger partial charge on any atom is 0.306 e. The Kier molecular flexibility index (Phi) is 12.9. The molecule has 0 heterocycles. The Morgan fingerprint density at radius 3 is 1.22 bits per heavy atom. The lowest BCUT2D eigenvalue weighted by molar-refractivity contribution is -0.277. The van der Waals surface area contributed by atoms with E-state index in [-0.39, 0.29) is 32.8 Å². The minimum Gasteiger partial charge on any atom is -0.457 e. The first kappa shape index (κ1) is 33.5. The largest absolute Gasteiger partial charge is 0.457 e. The monoisotopic (exact) mass is 624 g/mol. The van der Waals surface area contributed by atoms with Gasteiger partial charge in [0.25, 0.3) is 0 Å². The van der Waals surface area contributed by atoms with E-state index in [0.717, 1.165) is 28.7 Å². The Hall–Kier alpha value is -3.85. The van der Waals surface area contributed by atoms with Crippen molar-refractivity contribution in [3.8, 4) is 0 Å². The van der Waals surface area contributed by atoms with Gasteiger partial charge in [0.1, 0.15) is 30.5 Å². The van der Waals surface area contributed by atoms with E-state index >= 15 is 0 Å². The van der Waals surface area contributed by atoms with E-state index < -0.39 is 42.6 Å². The SMILES string of the molecule is CCCCC(=O)O[C@@H]1[C@H](O)[C@H](OCc2ccccc2)[C@@H](OCc2ccccc2)[C@H](OCc2ccccc2)[C@H]1OCc1ccccc1. The summed E-state index contributed by atoms with van der Waals surface area (Å²) in [7, 11) is 0. The van der Waals surface area contributed by atoms with Crippen molar-refractivity contribution in [3.05, 3.63) is 144 Å². The maximum atomic E-state index is 13.1. The molecule has 46 heavy (non-hydrogen) atoms. The number of esters is 1. The molecule has 4 aromatic rings. The summed E-state index contributed by atoms with van der Waals surface area (Å²) >= 11 is 0. The second-order valence-corrected chi connectivity index (χ2v) is 11.6. The highest BCUT2D eigenvalue weighted by Crippen LogP contribution is 2.34. The molecular formula is C39H44O7. The molecule has 1 N–H and O–H groups in total. The van der Waals surface area contributed by atoms with Gasteiger partial charge in [-0.25, -0.2) is 0 Å². The fourth-order valence-electron chi connectivity index (χ4n) is 5.63. The van der Waals surface area contributed by atoms with Gasteiger partial charge in [-0.3, -0.25) is 4.79 Å². The van der Waals surface area contributed by atoms with Crippen LogP contribution in [0.5, 0.6) is 0 Å². The van der Waals surface area contributed by atoms with Crippen molar-refractivity contribution in [1.29, 1.82) is 0 Å². The highest BCUT2D eigenvalue weighted by atomic mass is 16.6. The fraction of sp³-hybridized carbons (Fsp3) is 0.359. The molecule has 242 valence electrons. The van der Waals surface area contributed by atoms with Crippen molar-refractivity contribution >= 4 is 5.97 Å². The molecule has 0 unspecified atom stereocenters. The lowest BCUT2D eigenvalue weighted by Crippen LogP contribution is -2.67. The average molecular weight is 625 g/mol. The van der Waals surface area contributed by atoms with Gasteiger partial charge in [0.05, 0.1) is 26.4 Å². The van der Waals surface area contributed by atoms with Crippen LogP contribution in [0.4, 0.5) is 0 Å². The number of aliphatic hydroxyl groups is 1. The van der Waals surface area contributed by atoms with Gasteiger partial charge in [-0.1, -0.05) is 135 Å². The molecule has 7 nitrogen and oxygen atoms in total. The number of hydrogen-bond donors (Lipinski definition) is 1. The van der Waals surface area contributed by atoms with Crippen molar-refractivity contribution in [2.75, 3.05) is 0 Å². The quantitative estimate of drug-likeness (QED) is 0.137. The topological polar surface area (TPSA) is 83.5 Å². The molecule has 4 aromatic carbocycles. The van der Waals surface area contributed by atoms with Crippen LogP contribution < -0.4 is 0 Å². The van der Waals surface area contributed by atoms with Crippen LogP contribution in [0, 0.1) is 0 Å². The van der Waals surface area contributed by atoms with Gasteiger partial charge in [-0.05, 0) is 28.7 Å². The van der Waals surface area contributed by atoms with Gasteiger partial charge < -0.3 is 28.8 Å². The molecule has 0 aromatic heterocycles. The third-order valence-corrected chi connectivity index (χ3v) is 8.11. The zero-order chi connectivity index (χ0) is 32.0. The van der Waals surface area contributed by atoms with Crippen LogP contribution >= 0.6 is 0 Å². The number of carbonyl (C=O) groups excluding carboxylic acids is 1. The molecule has 0 saturated heterocycles. The van der Waals surface area contributed by atoms with Gasteiger partial charge in [0.2, 0.25) is 0 Å². The standard InChI is InChI=1S/C39H44O7/c1-2-3-24-33(40)46-36-34(41)35(42-25-29-16-8-4-9-17-29)37(43-26-30-18-10-5-11-19-30)39(45-28-32-22-14-7-15-23-32)38(36)44-27-31-20-12-6-13-21-31/h4-23,34-39,41H,2-3,24-28H2,1H3/t34-,35+,36-,37-,38+,39+/m1/s1.